The van der Waals surface area contributed by atoms with E-state index in [1.54, 1.807) is 0 Å². The summed E-state index contributed by atoms with van der Waals surface area (Å²) in [5.41, 5.74) is 8.90. The number of hydrogen-bond acceptors (Lipinski definition) is 2. The number of benzene rings is 3. The smallest absolute Gasteiger partial charge is 0.148 e. The molecule has 0 saturated carbocycles. The van der Waals surface area contributed by atoms with E-state index in [0.29, 0.717) is 0 Å². The molecule has 0 aromatic heterocycles. The minimum atomic E-state index is -0.000709. The van der Waals surface area contributed by atoms with Crippen molar-refractivity contribution in [2.24, 2.45) is 4.99 Å². The first-order valence-electron chi connectivity index (χ1n) is 11.2. The molecule has 0 amide bonds. The van der Waals surface area contributed by atoms with E-state index < -0.39 is 0 Å². The molecule has 4 rings (SSSR count). The average Bonchev–Trinajstić information content (AvgIpc) is 3.12. The van der Waals surface area contributed by atoms with E-state index in [0.717, 1.165) is 18.6 Å². The molecule has 2 nitrogen and oxygen atoms in total. The standard InChI is InChI=1S/C28H32N2/c1-5-7-23-12-18-26(19-13-23)30-21(4)27(24-14-8-20(3)9-15-24)29-28(30)25-16-10-22(6-2)11-17-25/h8-19,21,28H,5-7H2,1-4H3. The Hall–Kier alpha value is -2.87. The second kappa shape index (κ2) is 8.87. The molecule has 3 aromatic carbocycles. The molecule has 0 spiro atoms. The van der Waals surface area contributed by atoms with Gasteiger partial charge in [0.2, 0.25) is 0 Å². The molecule has 1 aliphatic heterocycles. The Morgan fingerprint density at radius 3 is 2.03 bits per heavy atom. The van der Waals surface area contributed by atoms with Crippen LogP contribution in [0.3, 0.4) is 0 Å². The van der Waals surface area contributed by atoms with Gasteiger partial charge in [0, 0.05) is 5.69 Å². The summed E-state index contributed by atoms with van der Waals surface area (Å²) in [6, 6.07) is 27.0. The number of hydrogen-bond donors (Lipinski definition) is 0. The van der Waals surface area contributed by atoms with Gasteiger partial charge in [-0.15, -0.1) is 0 Å². The van der Waals surface area contributed by atoms with Crippen molar-refractivity contribution >= 4 is 11.4 Å². The number of rotatable bonds is 6. The second-order valence-electron chi connectivity index (χ2n) is 8.35. The molecule has 2 atom stereocenters. The third kappa shape index (κ3) is 4.05. The maximum atomic E-state index is 5.25. The fourth-order valence-corrected chi connectivity index (χ4v) is 4.33. The summed E-state index contributed by atoms with van der Waals surface area (Å²) in [5.74, 6) is 0. The van der Waals surface area contributed by atoms with Crippen molar-refractivity contribution in [1.82, 2.24) is 0 Å². The Bertz CT molecular complexity index is 998. The molecule has 0 bridgehead atoms. The third-order valence-electron chi connectivity index (χ3n) is 6.14. The molecule has 2 heteroatoms. The highest BCUT2D eigenvalue weighted by atomic mass is 15.3. The van der Waals surface area contributed by atoms with Gasteiger partial charge in [-0.05, 0) is 61.1 Å². The van der Waals surface area contributed by atoms with Crippen LogP contribution in [0.2, 0.25) is 0 Å². The fourth-order valence-electron chi connectivity index (χ4n) is 4.33. The van der Waals surface area contributed by atoms with Gasteiger partial charge in [0.05, 0.1) is 11.8 Å². The Morgan fingerprint density at radius 2 is 1.43 bits per heavy atom. The molecule has 1 aliphatic rings. The van der Waals surface area contributed by atoms with E-state index in [-0.39, 0.29) is 12.2 Å². The zero-order valence-electron chi connectivity index (χ0n) is 18.6. The predicted octanol–water partition coefficient (Wildman–Crippen LogP) is 6.91. The van der Waals surface area contributed by atoms with Crippen molar-refractivity contribution in [3.05, 3.63) is 101 Å². The Labute approximate surface area is 181 Å². The number of nitrogens with zero attached hydrogens (tertiary/aromatic N) is 2. The van der Waals surface area contributed by atoms with Crippen molar-refractivity contribution in [2.45, 2.75) is 59.2 Å². The molecule has 30 heavy (non-hydrogen) atoms. The largest absolute Gasteiger partial charge is 0.337 e. The van der Waals surface area contributed by atoms with Crippen LogP contribution in [0, 0.1) is 6.92 Å². The molecule has 0 fully saturated rings. The van der Waals surface area contributed by atoms with Crippen LogP contribution in [-0.2, 0) is 12.8 Å². The van der Waals surface area contributed by atoms with E-state index in [9.17, 15) is 0 Å². The van der Waals surface area contributed by atoms with Gasteiger partial charge < -0.3 is 4.90 Å². The second-order valence-corrected chi connectivity index (χ2v) is 8.35. The SMILES string of the molecule is CCCc1ccc(N2C(C)C(c3ccc(C)cc3)=NC2c2ccc(CC)cc2)cc1. The lowest BCUT2D eigenvalue weighted by atomic mass is 10.0. The van der Waals surface area contributed by atoms with Crippen molar-refractivity contribution in [3.8, 4) is 0 Å². The first-order chi connectivity index (χ1) is 14.6. The van der Waals surface area contributed by atoms with Crippen LogP contribution in [0.5, 0.6) is 0 Å². The number of aliphatic imine (C=N–C) groups is 1. The van der Waals surface area contributed by atoms with Crippen molar-refractivity contribution in [1.29, 1.82) is 0 Å². The summed E-state index contributed by atoms with van der Waals surface area (Å²) in [5, 5.41) is 0. The number of aryl methyl sites for hydroxylation is 3. The summed E-state index contributed by atoms with van der Waals surface area (Å²) < 4.78 is 0. The molecule has 0 radical (unpaired) electrons. The maximum Gasteiger partial charge on any atom is 0.148 e. The molecule has 1 heterocycles. The van der Waals surface area contributed by atoms with E-state index in [1.165, 1.54) is 39.9 Å². The zero-order valence-corrected chi connectivity index (χ0v) is 18.6. The van der Waals surface area contributed by atoms with Crippen LogP contribution in [0.15, 0.2) is 77.8 Å². The monoisotopic (exact) mass is 396 g/mol. The summed E-state index contributed by atoms with van der Waals surface area (Å²) in [6.45, 7) is 8.84. The summed E-state index contributed by atoms with van der Waals surface area (Å²) in [7, 11) is 0. The van der Waals surface area contributed by atoms with Crippen molar-refractivity contribution in [2.75, 3.05) is 4.90 Å². The van der Waals surface area contributed by atoms with Crippen LogP contribution in [-0.4, -0.2) is 11.8 Å². The molecule has 3 aromatic rings. The quantitative estimate of drug-likeness (QED) is 0.442. The molecule has 0 N–H and O–H groups in total. The average molecular weight is 397 g/mol. The minimum Gasteiger partial charge on any atom is -0.337 e. The van der Waals surface area contributed by atoms with Gasteiger partial charge in [-0.25, -0.2) is 0 Å². The Morgan fingerprint density at radius 1 is 0.800 bits per heavy atom. The fraction of sp³-hybridized carbons (Fsp3) is 0.321. The normalized spacial score (nSPS) is 18.5. The van der Waals surface area contributed by atoms with Gasteiger partial charge in [0.15, 0.2) is 0 Å². The highest BCUT2D eigenvalue weighted by Crippen LogP contribution is 2.37. The lowest BCUT2D eigenvalue weighted by molar-refractivity contribution is 0.674. The molecular formula is C28H32N2. The van der Waals surface area contributed by atoms with E-state index >= 15 is 0 Å². The molecule has 2 unspecified atom stereocenters. The molecule has 0 saturated heterocycles. The lowest BCUT2D eigenvalue weighted by Crippen LogP contribution is -2.35. The first-order valence-corrected chi connectivity index (χ1v) is 11.2. The van der Waals surface area contributed by atoms with Gasteiger partial charge in [-0.3, -0.25) is 4.99 Å². The van der Waals surface area contributed by atoms with Gasteiger partial charge in [-0.1, -0.05) is 86.5 Å². The van der Waals surface area contributed by atoms with Crippen LogP contribution >= 0.6 is 0 Å². The first kappa shape index (κ1) is 20.4. The van der Waals surface area contributed by atoms with Crippen LogP contribution < -0.4 is 4.90 Å². The number of anilines is 1. The predicted molar refractivity (Wildman–Crippen MR) is 129 cm³/mol. The summed E-state index contributed by atoms with van der Waals surface area (Å²) >= 11 is 0. The van der Waals surface area contributed by atoms with E-state index in [1.807, 2.05) is 0 Å². The summed E-state index contributed by atoms with van der Waals surface area (Å²) in [4.78, 5) is 7.72. The topological polar surface area (TPSA) is 15.6 Å². The Kier molecular flexibility index (Phi) is 6.03. The molecule has 154 valence electrons. The van der Waals surface area contributed by atoms with E-state index in [4.69, 9.17) is 4.99 Å². The highest BCUT2D eigenvalue weighted by Gasteiger charge is 2.35. The zero-order chi connectivity index (χ0) is 21.1. The van der Waals surface area contributed by atoms with Crippen LogP contribution in [0.1, 0.15) is 61.2 Å². The van der Waals surface area contributed by atoms with Crippen LogP contribution in [0.25, 0.3) is 0 Å². The van der Waals surface area contributed by atoms with Crippen LogP contribution in [0.4, 0.5) is 5.69 Å². The van der Waals surface area contributed by atoms with Gasteiger partial charge in [0.25, 0.3) is 0 Å². The Balaban J connectivity index is 1.74. The maximum absolute atomic E-state index is 5.25. The van der Waals surface area contributed by atoms with Crippen molar-refractivity contribution in [3.63, 3.8) is 0 Å². The highest BCUT2D eigenvalue weighted by molar-refractivity contribution is 6.07. The third-order valence-corrected chi connectivity index (χ3v) is 6.14. The van der Waals surface area contributed by atoms with E-state index in [2.05, 4.69) is 105 Å². The minimum absolute atomic E-state index is 0.000709. The molecule has 0 aliphatic carbocycles. The van der Waals surface area contributed by atoms with Gasteiger partial charge in [0.1, 0.15) is 6.17 Å². The molecular weight excluding hydrogens is 364 g/mol. The van der Waals surface area contributed by atoms with Gasteiger partial charge >= 0.3 is 0 Å². The van der Waals surface area contributed by atoms with Gasteiger partial charge in [-0.2, -0.15) is 0 Å². The lowest BCUT2D eigenvalue weighted by Gasteiger charge is -2.30. The van der Waals surface area contributed by atoms with Crippen molar-refractivity contribution < 1.29 is 0 Å². The summed E-state index contributed by atoms with van der Waals surface area (Å²) in [6.07, 6.45) is 3.36.